The van der Waals surface area contributed by atoms with Crippen molar-refractivity contribution in [3.63, 3.8) is 0 Å². The van der Waals surface area contributed by atoms with Gasteiger partial charge in [-0.25, -0.2) is 0 Å². The van der Waals surface area contributed by atoms with Crippen LogP contribution in [0.1, 0.15) is 26.3 Å². The zero-order valence-electron chi connectivity index (χ0n) is 11.6. The van der Waals surface area contributed by atoms with Crippen LogP contribution >= 0.6 is 11.6 Å². The minimum Gasteiger partial charge on any atom is -0.481 e. The summed E-state index contributed by atoms with van der Waals surface area (Å²) in [4.78, 5) is 13.9. The van der Waals surface area contributed by atoms with Crippen LogP contribution in [0, 0.1) is 0 Å². The zero-order chi connectivity index (χ0) is 14.4. The van der Waals surface area contributed by atoms with Crippen molar-refractivity contribution in [1.29, 1.82) is 0 Å². The Hall–Kier alpha value is -1.26. The predicted octanol–water partition coefficient (Wildman–Crippen LogP) is 2.43. The lowest BCUT2D eigenvalue weighted by Gasteiger charge is -2.24. The molecule has 0 aliphatic carbocycles. The van der Waals surface area contributed by atoms with Gasteiger partial charge in [0.1, 0.15) is 5.75 Å². The summed E-state index contributed by atoms with van der Waals surface area (Å²) in [5.74, 6) is 0.586. The molecule has 0 spiro atoms. The van der Waals surface area contributed by atoms with Gasteiger partial charge in [0.2, 0.25) is 0 Å². The van der Waals surface area contributed by atoms with Crippen molar-refractivity contribution < 1.29 is 9.53 Å². The third-order valence-electron chi connectivity index (χ3n) is 2.97. The minimum absolute atomic E-state index is 0.0251. The van der Waals surface area contributed by atoms with Gasteiger partial charge in [0, 0.05) is 30.2 Å². The van der Waals surface area contributed by atoms with E-state index in [4.69, 9.17) is 22.1 Å². The van der Waals surface area contributed by atoms with E-state index in [1.165, 1.54) is 0 Å². The van der Waals surface area contributed by atoms with Crippen LogP contribution in [0.4, 0.5) is 0 Å². The van der Waals surface area contributed by atoms with E-state index in [2.05, 4.69) is 0 Å². The summed E-state index contributed by atoms with van der Waals surface area (Å²) in [5, 5.41) is 0.607. The molecule has 1 unspecified atom stereocenters. The maximum atomic E-state index is 12.1. The van der Waals surface area contributed by atoms with Crippen molar-refractivity contribution in [3.05, 3.63) is 28.8 Å². The summed E-state index contributed by atoms with van der Waals surface area (Å²) in [6.07, 6.45) is -0.536. The number of hydrogen-bond donors (Lipinski definition) is 1. The van der Waals surface area contributed by atoms with Crippen LogP contribution < -0.4 is 10.5 Å². The second-order valence-corrected chi connectivity index (χ2v) is 4.66. The highest BCUT2D eigenvalue weighted by molar-refractivity contribution is 6.30. The van der Waals surface area contributed by atoms with Crippen molar-refractivity contribution in [2.75, 3.05) is 13.1 Å². The van der Waals surface area contributed by atoms with Crippen LogP contribution in [0.3, 0.4) is 0 Å². The molecule has 2 N–H and O–H groups in total. The molecule has 0 bridgehead atoms. The third kappa shape index (κ3) is 4.11. The molecule has 4 nitrogen and oxygen atoms in total. The number of ether oxygens (including phenoxy) is 1. The summed E-state index contributed by atoms with van der Waals surface area (Å²) in [5.41, 5.74) is 6.45. The van der Waals surface area contributed by atoms with Crippen LogP contribution in [0.15, 0.2) is 18.2 Å². The molecule has 0 saturated heterocycles. The molecule has 0 aliphatic rings. The Morgan fingerprint density at radius 3 is 2.58 bits per heavy atom. The molecule has 0 fully saturated rings. The maximum Gasteiger partial charge on any atom is 0.263 e. The first-order valence-electron chi connectivity index (χ1n) is 6.47. The largest absolute Gasteiger partial charge is 0.481 e. The van der Waals surface area contributed by atoms with E-state index >= 15 is 0 Å². The van der Waals surface area contributed by atoms with Gasteiger partial charge in [0.15, 0.2) is 6.10 Å². The van der Waals surface area contributed by atoms with Gasteiger partial charge in [-0.15, -0.1) is 0 Å². The number of benzene rings is 1. The topological polar surface area (TPSA) is 55.6 Å². The van der Waals surface area contributed by atoms with Gasteiger partial charge in [-0.3, -0.25) is 4.79 Å². The lowest BCUT2D eigenvalue weighted by Crippen LogP contribution is -2.40. The molecule has 1 aromatic carbocycles. The molecule has 19 heavy (non-hydrogen) atoms. The summed E-state index contributed by atoms with van der Waals surface area (Å²) in [6, 6.07) is 5.23. The van der Waals surface area contributed by atoms with Crippen LogP contribution in [-0.2, 0) is 11.3 Å². The molecule has 1 amide bonds. The second kappa shape index (κ2) is 7.36. The Labute approximate surface area is 119 Å². The molecule has 1 atom stereocenters. The summed E-state index contributed by atoms with van der Waals surface area (Å²) >= 11 is 5.90. The number of nitrogens with zero attached hydrogens (tertiary/aromatic N) is 1. The Balaban J connectivity index is 2.81. The van der Waals surface area contributed by atoms with Crippen molar-refractivity contribution in [2.24, 2.45) is 5.73 Å². The molecule has 5 heteroatoms. The van der Waals surface area contributed by atoms with Crippen molar-refractivity contribution >= 4 is 17.5 Å². The number of likely N-dealkylation sites (N-methyl/N-ethyl adjacent to an activating group) is 1. The Morgan fingerprint density at radius 2 is 2.05 bits per heavy atom. The molecule has 0 aliphatic heterocycles. The Morgan fingerprint density at radius 1 is 1.42 bits per heavy atom. The number of halogens is 1. The van der Waals surface area contributed by atoms with Crippen molar-refractivity contribution in [3.8, 4) is 5.75 Å². The smallest absolute Gasteiger partial charge is 0.263 e. The first-order valence-corrected chi connectivity index (χ1v) is 6.85. The molecular weight excluding hydrogens is 264 g/mol. The lowest BCUT2D eigenvalue weighted by molar-refractivity contribution is -0.137. The molecule has 0 radical (unpaired) electrons. The Kier molecular flexibility index (Phi) is 6.12. The number of carbonyl (C=O) groups excluding carboxylic acids is 1. The number of amides is 1. The average molecular weight is 285 g/mol. The molecule has 0 aromatic heterocycles. The van der Waals surface area contributed by atoms with Gasteiger partial charge in [0.25, 0.3) is 5.91 Å². The first-order chi connectivity index (χ1) is 9.03. The van der Waals surface area contributed by atoms with E-state index in [0.29, 0.717) is 30.4 Å². The maximum absolute atomic E-state index is 12.1. The number of rotatable bonds is 6. The van der Waals surface area contributed by atoms with E-state index in [1.807, 2.05) is 13.8 Å². The molecular formula is C14H21ClN2O2. The van der Waals surface area contributed by atoms with E-state index in [0.717, 1.165) is 5.56 Å². The van der Waals surface area contributed by atoms with Crippen LogP contribution in [0.2, 0.25) is 5.02 Å². The van der Waals surface area contributed by atoms with Gasteiger partial charge < -0.3 is 15.4 Å². The van der Waals surface area contributed by atoms with Gasteiger partial charge in [-0.2, -0.15) is 0 Å². The lowest BCUT2D eigenvalue weighted by atomic mass is 10.2. The SMILES string of the molecule is CCN(CC)C(=O)C(C)Oc1ccc(Cl)cc1CN. The fourth-order valence-electron chi connectivity index (χ4n) is 1.86. The van der Waals surface area contributed by atoms with Crippen LogP contribution in [-0.4, -0.2) is 30.0 Å². The second-order valence-electron chi connectivity index (χ2n) is 4.23. The number of carbonyl (C=O) groups is 1. The number of nitrogens with two attached hydrogens (primary N) is 1. The average Bonchev–Trinajstić information content (AvgIpc) is 2.41. The minimum atomic E-state index is -0.536. The summed E-state index contributed by atoms with van der Waals surface area (Å²) in [6.45, 7) is 7.31. The van der Waals surface area contributed by atoms with Gasteiger partial charge >= 0.3 is 0 Å². The molecule has 1 rings (SSSR count). The molecule has 1 aromatic rings. The number of hydrogen-bond acceptors (Lipinski definition) is 3. The first kappa shape index (κ1) is 15.8. The summed E-state index contributed by atoms with van der Waals surface area (Å²) < 4.78 is 5.71. The third-order valence-corrected chi connectivity index (χ3v) is 3.20. The van der Waals surface area contributed by atoms with E-state index in [-0.39, 0.29) is 5.91 Å². The van der Waals surface area contributed by atoms with Crippen molar-refractivity contribution in [2.45, 2.75) is 33.4 Å². The Bertz CT molecular complexity index is 433. The highest BCUT2D eigenvalue weighted by Gasteiger charge is 2.20. The highest BCUT2D eigenvalue weighted by Crippen LogP contribution is 2.23. The quantitative estimate of drug-likeness (QED) is 0.873. The van der Waals surface area contributed by atoms with Gasteiger partial charge in [0.05, 0.1) is 0 Å². The summed E-state index contributed by atoms with van der Waals surface area (Å²) in [7, 11) is 0. The fraction of sp³-hybridized carbons (Fsp3) is 0.500. The van der Waals surface area contributed by atoms with Crippen LogP contribution in [0.5, 0.6) is 5.75 Å². The van der Waals surface area contributed by atoms with Crippen molar-refractivity contribution in [1.82, 2.24) is 4.90 Å². The highest BCUT2D eigenvalue weighted by atomic mass is 35.5. The normalized spacial score (nSPS) is 12.1. The predicted molar refractivity (Wildman–Crippen MR) is 77.4 cm³/mol. The monoisotopic (exact) mass is 284 g/mol. The molecule has 0 saturated carbocycles. The fourth-order valence-corrected chi connectivity index (χ4v) is 2.05. The standard InChI is InChI=1S/C14H21ClN2O2/c1-4-17(5-2)14(18)10(3)19-13-7-6-12(15)8-11(13)9-16/h6-8,10H,4-5,9,16H2,1-3H3. The molecule has 0 heterocycles. The van der Waals surface area contributed by atoms with Gasteiger partial charge in [-0.05, 0) is 39.0 Å². The van der Waals surface area contributed by atoms with E-state index in [9.17, 15) is 4.79 Å². The zero-order valence-corrected chi connectivity index (χ0v) is 12.4. The molecule has 106 valence electrons. The van der Waals surface area contributed by atoms with E-state index < -0.39 is 6.10 Å². The van der Waals surface area contributed by atoms with Gasteiger partial charge in [-0.1, -0.05) is 11.6 Å². The van der Waals surface area contributed by atoms with Crippen LogP contribution in [0.25, 0.3) is 0 Å². The van der Waals surface area contributed by atoms with E-state index in [1.54, 1.807) is 30.0 Å².